The molecule has 1 aromatic rings. The van der Waals surface area contributed by atoms with Crippen LogP contribution >= 0.6 is 0 Å². The van der Waals surface area contributed by atoms with Crippen LogP contribution < -0.4 is 0 Å². The van der Waals surface area contributed by atoms with E-state index < -0.39 is 28.6 Å². The van der Waals surface area contributed by atoms with Gasteiger partial charge in [0.2, 0.25) is 0 Å². The summed E-state index contributed by atoms with van der Waals surface area (Å²) in [5.41, 5.74) is -2.08. The van der Waals surface area contributed by atoms with Crippen LogP contribution in [-0.2, 0) is 0 Å². The number of halogens is 2. The molecule has 0 aliphatic carbocycles. The van der Waals surface area contributed by atoms with Crippen LogP contribution in [0.2, 0.25) is 0 Å². The molecule has 0 aliphatic heterocycles. The van der Waals surface area contributed by atoms with Crippen LogP contribution in [-0.4, -0.2) is 16.5 Å². The van der Waals surface area contributed by atoms with Crippen LogP contribution in [0.5, 0.6) is 0 Å². The molecule has 0 saturated carbocycles. The molecule has 15 heavy (non-hydrogen) atoms. The van der Waals surface area contributed by atoms with E-state index in [1.165, 1.54) is 20.8 Å². The Morgan fingerprint density at radius 1 is 1.27 bits per heavy atom. The van der Waals surface area contributed by atoms with E-state index in [0.29, 0.717) is 5.56 Å². The molecule has 0 saturated heterocycles. The highest BCUT2D eigenvalue weighted by molar-refractivity contribution is 6.02. The Balaban J connectivity index is 3.33. The van der Waals surface area contributed by atoms with E-state index in [0.717, 1.165) is 12.1 Å². The largest absolute Gasteiger partial charge is 0.382 e. The summed E-state index contributed by atoms with van der Waals surface area (Å²) in [6.07, 6.45) is 0. The van der Waals surface area contributed by atoms with Gasteiger partial charge in [0.05, 0.1) is 5.56 Å². The molecule has 0 aromatic heterocycles. The maximum atomic E-state index is 13.3. The van der Waals surface area contributed by atoms with Gasteiger partial charge >= 0.3 is 0 Å². The Kier molecular flexibility index (Phi) is 2.90. The summed E-state index contributed by atoms with van der Waals surface area (Å²) in [7, 11) is 0. The average molecular weight is 214 g/mol. The van der Waals surface area contributed by atoms with Crippen molar-refractivity contribution >= 4 is 5.78 Å². The molecule has 0 unspecified atom stereocenters. The summed E-state index contributed by atoms with van der Waals surface area (Å²) in [6.45, 7) is 3.90. The number of hydrogen-bond acceptors (Lipinski definition) is 2. The lowest BCUT2D eigenvalue weighted by Gasteiger charge is -2.16. The van der Waals surface area contributed by atoms with E-state index in [1.54, 1.807) is 0 Å². The summed E-state index contributed by atoms with van der Waals surface area (Å²) >= 11 is 0. The van der Waals surface area contributed by atoms with Gasteiger partial charge in [0, 0.05) is 0 Å². The summed E-state index contributed by atoms with van der Waals surface area (Å²) in [5, 5.41) is 9.37. The molecule has 4 heteroatoms. The van der Waals surface area contributed by atoms with Gasteiger partial charge in [-0.15, -0.1) is 0 Å². The number of carbonyl (C=O) groups is 1. The Hall–Kier alpha value is -1.29. The van der Waals surface area contributed by atoms with Crippen molar-refractivity contribution in [2.75, 3.05) is 0 Å². The molecular formula is C11H12F2O2. The van der Waals surface area contributed by atoms with Gasteiger partial charge in [-0.2, -0.15) is 0 Å². The molecule has 0 heterocycles. The van der Waals surface area contributed by atoms with Crippen LogP contribution in [0.3, 0.4) is 0 Å². The molecule has 1 rings (SSSR count). The van der Waals surface area contributed by atoms with Crippen LogP contribution in [0.4, 0.5) is 8.78 Å². The Morgan fingerprint density at radius 3 is 2.00 bits per heavy atom. The van der Waals surface area contributed by atoms with E-state index >= 15 is 0 Å². The van der Waals surface area contributed by atoms with Gasteiger partial charge in [-0.3, -0.25) is 4.79 Å². The van der Waals surface area contributed by atoms with E-state index in [-0.39, 0.29) is 0 Å². The Bertz CT molecular complexity index is 383. The molecule has 0 spiro atoms. The van der Waals surface area contributed by atoms with Crippen molar-refractivity contribution in [3.05, 3.63) is 34.9 Å². The fourth-order valence-corrected chi connectivity index (χ4v) is 1.22. The predicted molar refractivity (Wildman–Crippen MR) is 51.7 cm³/mol. The first-order chi connectivity index (χ1) is 6.73. The average Bonchev–Trinajstić information content (AvgIpc) is 1.99. The van der Waals surface area contributed by atoms with Crippen molar-refractivity contribution in [1.29, 1.82) is 0 Å². The number of Topliss-reactive ketones (excluding diaryl/α,β-unsaturated/α-hetero) is 1. The van der Waals surface area contributed by atoms with E-state index in [9.17, 15) is 18.7 Å². The zero-order valence-electron chi connectivity index (χ0n) is 8.77. The van der Waals surface area contributed by atoms with Crippen molar-refractivity contribution in [3.63, 3.8) is 0 Å². The third-order valence-corrected chi connectivity index (χ3v) is 1.97. The normalized spacial score (nSPS) is 11.6. The van der Waals surface area contributed by atoms with Gasteiger partial charge in [-0.1, -0.05) is 0 Å². The van der Waals surface area contributed by atoms with Gasteiger partial charge in [0.1, 0.15) is 17.2 Å². The molecule has 0 fully saturated rings. The van der Waals surface area contributed by atoms with Crippen molar-refractivity contribution in [3.8, 4) is 0 Å². The molecular weight excluding hydrogens is 202 g/mol. The third-order valence-electron chi connectivity index (χ3n) is 1.97. The highest BCUT2D eigenvalue weighted by atomic mass is 19.1. The molecule has 0 atom stereocenters. The fraction of sp³-hybridized carbons (Fsp3) is 0.364. The van der Waals surface area contributed by atoms with Crippen LogP contribution in [0.1, 0.15) is 29.8 Å². The van der Waals surface area contributed by atoms with Crippen molar-refractivity contribution in [2.24, 2.45) is 0 Å². The first-order valence-electron chi connectivity index (χ1n) is 4.46. The predicted octanol–water partition coefficient (Wildman–Crippen LogP) is 2.23. The number of rotatable bonds is 2. The second kappa shape index (κ2) is 3.70. The maximum absolute atomic E-state index is 13.3. The van der Waals surface area contributed by atoms with Crippen molar-refractivity contribution in [1.82, 2.24) is 0 Å². The molecule has 1 N–H and O–H groups in total. The lowest BCUT2D eigenvalue weighted by atomic mass is 9.95. The zero-order valence-corrected chi connectivity index (χ0v) is 8.77. The molecule has 0 bridgehead atoms. The van der Waals surface area contributed by atoms with E-state index in [4.69, 9.17) is 0 Å². The molecule has 0 amide bonds. The number of aryl methyl sites for hydroxylation is 1. The topological polar surface area (TPSA) is 37.3 Å². The van der Waals surface area contributed by atoms with Crippen LogP contribution in [0.25, 0.3) is 0 Å². The summed E-state index contributed by atoms with van der Waals surface area (Å²) in [4.78, 5) is 11.5. The lowest BCUT2D eigenvalue weighted by Crippen LogP contribution is -2.32. The standard InChI is InChI=1S/C11H12F2O2/c1-6-4-7(12)9(8(13)5-6)10(14)11(2,3)15/h4-5,15H,1-3H3. The number of hydrogen-bond donors (Lipinski definition) is 1. The molecule has 0 radical (unpaired) electrons. The second-order valence-electron chi connectivity index (χ2n) is 3.99. The smallest absolute Gasteiger partial charge is 0.199 e. The molecule has 1 aromatic carbocycles. The van der Waals surface area contributed by atoms with E-state index in [1.807, 2.05) is 0 Å². The zero-order chi connectivity index (χ0) is 11.8. The quantitative estimate of drug-likeness (QED) is 0.766. The first kappa shape index (κ1) is 11.8. The molecule has 0 aliphatic rings. The minimum absolute atomic E-state index is 0.386. The molecule has 82 valence electrons. The van der Waals surface area contributed by atoms with Crippen molar-refractivity contribution in [2.45, 2.75) is 26.4 Å². The number of benzene rings is 1. The summed E-state index contributed by atoms with van der Waals surface area (Å²) in [5.74, 6) is -2.85. The lowest BCUT2D eigenvalue weighted by molar-refractivity contribution is 0.0478. The minimum Gasteiger partial charge on any atom is -0.382 e. The monoisotopic (exact) mass is 214 g/mol. The van der Waals surface area contributed by atoms with Gasteiger partial charge in [-0.25, -0.2) is 8.78 Å². The minimum atomic E-state index is -1.78. The second-order valence-corrected chi connectivity index (χ2v) is 3.99. The van der Waals surface area contributed by atoms with Gasteiger partial charge in [0.15, 0.2) is 5.78 Å². The number of carbonyl (C=O) groups excluding carboxylic acids is 1. The van der Waals surface area contributed by atoms with Gasteiger partial charge < -0.3 is 5.11 Å². The summed E-state index contributed by atoms with van der Waals surface area (Å²) in [6, 6.07) is 2.12. The highest BCUT2D eigenvalue weighted by Crippen LogP contribution is 2.20. The Morgan fingerprint density at radius 2 is 1.67 bits per heavy atom. The van der Waals surface area contributed by atoms with Crippen LogP contribution in [0.15, 0.2) is 12.1 Å². The highest BCUT2D eigenvalue weighted by Gasteiger charge is 2.30. The SMILES string of the molecule is Cc1cc(F)c(C(=O)C(C)(C)O)c(F)c1. The number of ketones is 1. The van der Waals surface area contributed by atoms with Crippen molar-refractivity contribution < 1.29 is 18.7 Å². The molecule has 2 nitrogen and oxygen atoms in total. The third kappa shape index (κ3) is 2.39. The summed E-state index contributed by atoms with van der Waals surface area (Å²) < 4.78 is 26.6. The maximum Gasteiger partial charge on any atom is 0.199 e. The Labute approximate surface area is 86.5 Å². The van der Waals surface area contributed by atoms with Gasteiger partial charge in [0.25, 0.3) is 0 Å². The first-order valence-corrected chi connectivity index (χ1v) is 4.46. The van der Waals surface area contributed by atoms with E-state index in [2.05, 4.69) is 0 Å². The van der Waals surface area contributed by atoms with Gasteiger partial charge in [-0.05, 0) is 38.5 Å². The van der Waals surface area contributed by atoms with Crippen LogP contribution in [0, 0.1) is 18.6 Å². The number of aliphatic hydroxyl groups is 1. The fourth-order valence-electron chi connectivity index (χ4n) is 1.22.